The number of benzene rings is 1. The van der Waals surface area contributed by atoms with Crippen LogP contribution in [0.15, 0.2) is 24.3 Å². The van der Waals surface area contributed by atoms with Gasteiger partial charge in [-0.2, -0.15) is 0 Å². The second-order valence-electron chi connectivity index (χ2n) is 4.37. The second-order valence-corrected chi connectivity index (χ2v) is 4.37. The monoisotopic (exact) mass is 235 g/mol. The molecule has 0 aliphatic carbocycles. The number of Topliss-reactive ketones (excluding diaryl/α,β-unsaturated/α-hetero) is 1. The Morgan fingerprint density at radius 3 is 2.35 bits per heavy atom. The van der Waals surface area contributed by atoms with E-state index in [0.717, 1.165) is 0 Å². The molecule has 0 fully saturated rings. The van der Waals surface area contributed by atoms with Crippen LogP contribution in [0.5, 0.6) is 5.75 Å². The van der Waals surface area contributed by atoms with Gasteiger partial charge >= 0.3 is 0 Å². The van der Waals surface area contributed by atoms with Gasteiger partial charge in [0.15, 0.2) is 5.78 Å². The van der Waals surface area contributed by atoms with E-state index in [1.165, 1.54) is 24.3 Å². The number of hydrogen-bond acceptors (Lipinski definition) is 3. The summed E-state index contributed by atoms with van der Waals surface area (Å²) in [6.07, 6.45) is 0.468. The van der Waals surface area contributed by atoms with E-state index in [1.54, 1.807) is 0 Å². The first kappa shape index (κ1) is 13.2. The molecule has 0 aromatic heterocycles. The highest BCUT2D eigenvalue weighted by atomic mass is 16.3. The predicted molar refractivity (Wildman–Crippen MR) is 64.9 cm³/mol. The molecule has 0 spiro atoms. The lowest BCUT2D eigenvalue weighted by Gasteiger charge is -2.06. The molecule has 0 saturated heterocycles. The van der Waals surface area contributed by atoms with Crippen molar-refractivity contribution >= 4 is 11.7 Å². The van der Waals surface area contributed by atoms with Gasteiger partial charge in [-0.15, -0.1) is 0 Å². The van der Waals surface area contributed by atoms with Gasteiger partial charge in [-0.3, -0.25) is 9.59 Å². The minimum Gasteiger partial charge on any atom is -0.508 e. The summed E-state index contributed by atoms with van der Waals surface area (Å²) in [6, 6.07) is 5.89. The highest BCUT2D eigenvalue weighted by Gasteiger charge is 2.09. The summed E-state index contributed by atoms with van der Waals surface area (Å²) in [7, 11) is 0. The highest BCUT2D eigenvalue weighted by molar-refractivity contribution is 5.96. The zero-order valence-corrected chi connectivity index (χ0v) is 10.1. The number of amides is 1. The molecule has 0 atom stereocenters. The van der Waals surface area contributed by atoms with Gasteiger partial charge in [0.2, 0.25) is 0 Å². The fourth-order valence-electron chi connectivity index (χ4n) is 1.42. The summed E-state index contributed by atoms with van der Waals surface area (Å²) in [5, 5.41) is 11.6. The zero-order valence-electron chi connectivity index (χ0n) is 10.1. The van der Waals surface area contributed by atoms with Gasteiger partial charge in [0.05, 0.1) is 6.54 Å². The Morgan fingerprint density at radius 1 is 1.24 bits per heavy atom. The zero-order chi connectivity index (χ0) is 12.8. The molecule has 2 N–H and O–H groups in total. The molecule has 4 heteroatoms. The van der Waals surface area contributed by atoms with Crippen molar-refractivity contribution in [3.63, 3.8) is 0 Å². The van der Waals surface area contributed by atoms with Crippen LogP contribution < -0.4 is 5.32 Å². The molecule has 17 heavy (non-hydrogen) atoms. The maximum atomic E-state index is 11.6. The van der Waals surface area contributed by atoms with Gasteiger partial charge in [-0.25, -0.2) is 0 Å². The Kier molecular flexibility index (Phi) is 4.69. The van der Waals surface area contributed by atoms with Crippen molar-refractivity contribution in [1.29, 1.82) is 0 Å². The molecule has 0 saturated carbocycles. The van der Waals surface area contributed by atoms with Crippen molar-refractivity contribution < 1.29 is 14.7 Å². The van der Waals surface area contributed by atoms with Crippen LogP contribution in [-0.4, -0.2) is 23.3 Å². The van der Waals surface area contributed by atoms with E-state index in [2.05, 4.69) is 5.32 Å². The normalized spacial score (nSPS) is 10.3. The quantitative estimate of drug-likeness (QED) is 0.816. The van der Waals surface area contributed by atoms with Crippen molar-refractivity contribution in [2.24, 2.45) is 5.92 Å². The third-order valence-corrected chi connectivity index (χ3v) is 2.21. The smallest absolute Gasteiger partial charge is 0.251 e. The summed E-state index contributed by atoms with van der Waals surface area (Å²) in [5.41, 5.74) is 0.431. The summed E-state index contributed by atoms with van der Waals surface area (Å²) < 4.78 is 0. The molecule has 0 aliphatic rings. The second kappa shape index (κ2) is 6.03. The lowest BCUT2D eigenvalue weighted by atomic mass is 10.1. The van der Waals surface area contributed by atoms with Crippen molar-refractivity contribution in [3.8, 4) is 5.75 Å². The molecule has 0 radical (unpaired) electrons. The molecule has 0 aliphatic heterocycles. The van der Waals surface area contributed by atoms with E-state index < -0.39 is 0 Å². The molecular weight excluding hydrogens is 218 g/mol. The number of phenols is 1. The van der Waals surface area contributed by atoms with Gasteiger partial charge in [0.25, 0.3) is 5.91 Å². The first-order valence-electron chi connectivity index (χ1n) is 5.58. The fraction of sp³-hybridized carbons (Fsp3) is 0.385. The maximum Gasteiger partial charge on any atom is 0.251 e. The lowest BCUT2D eigenvalue weighted by molar-refractivity contribution is -0.118. The van der Waals surface area contributed by atoms with Crippen molar-refractivity contribution in [2.45, 2.75) is 20.3 Å². The molecule has 1 amide bonds. The number of nitrogens with one attached hydrogen (secondary N) is 1. The van der Waals surface area contributed by atoms with Crippen LogP contribution in [-0.2, 0) is 4.79 Å². The average Bonchev–Trinajstić information content (AvgIpc) is 2.26. The average molecular weight is 235 g/mol. The molecule has 4 nitrogen and oxygen atoms in total. The van der Waals surface area contributed by atoms with Crippen LogP contribution in [0.3, 0.4) is 0 Å². The van der Waals surface area contributed by atoms with E-state index in [9.17, 15) is 9.59 Å². The van der Waals surface area contributed by atoms with Gasteiger partial charge in [0.1, 0.15) is 5.75 Å². The first-order chi connectivity index (χ1) is 7.99. The standard InChI is InChI=1S/C13H17NO3/c1-9(2)7-12(16)8-14-13(17)10-3-5-11(15)6-4-10/h3-6,9,15H,7-8H2,1-2H3,(H,14,17). The van der Waals surface area contributed by atoms with Gasteiger partial charge in [-0.1, -0.05) is 13.8 Å². The third kappa shape index (κ3) is 4.68. The summed E-state index contributed by atoms with van der Waals surface area (Å²) in [5.74, 6) is 0.125. The molecular formula is C13H17NO3. The number of carbonyl (C=O) groups is 2. The molecule has 0 heterocycles. The lowest BCUT2D eigenvalue weighted by Crippen LogP contribution is -2.29. The fourth-order valence-corrected chi connectivity index (χ4v) is 1.42. The van der Waals surface area contributed by atoms with Crippen LogP contribution in [0.1, 0.15) is 30.6 Å². The number of carbonyl (C=O) groups excluding carboxylic acids is 2. The van der Waals surface area contributed by atoms with Crippen molar-refractivity contribution in [2.75, 3.05) is 6.54 Å². The molecule has 1 aromatic carbocycles. The van der Waals surface area contributed by atoms with Gasteiger partial charge < -0.3 is 10.4 Å². The van der Waals surface area contributed by atoms with Crippen LogP contribution in [0.2, 0.25) is 0 Å². The number of rotatable bonds is 5. The van der Waals surface area contributed by atoms with E-state index in [4.69, 9.17) is 5.11 Å². The minimum atomic E-state index is -0.304. The van der Waals surface area contributed by atoms with E-state index in [-0.39, 0.29) is 24.0 Å². The Balaban J connectivity index is 2.45. The molecule has 0 unspecified atom stereocenters. The van der Waals surface area contributed by atoms with E-state index >= 15 is 0 Å². The number of ketones is 1. The largest absolute Gasteiger partial charge is 0.508 e. The van der Waals surface area contributed by atoms with Crippen LogP contribution in [0.25, 0.3) is 0 Å². The maximum absolute atomic E-state index is 11.6. The number of aromatic hydroxyl groups is 1. The van der Waals surface area contributed by atoms with E-state index in [1.807, 2.05) is 13.8 Å². The molecule has 1 aromatic rings. The first-order valence-corrected chi connectivity index (χ1v) is 5.58. The minimum absolute atomic E-state index is 0.0205. The van der Waals surface area contributed by atoms with Crippen LogP contribution in [0.4, 0.5) is 0 Å². The molecule has 92 valence electrons. The molecule has 1 rings (SSSR count). The Morgan fingerprint density at radius 2 is 1.82 bits per heavy atom. The third-order valence-electron chi connectivity index (χ3n) is 2.21. The number of hydrogen-bond donors (Lipinski definition) is 2. The summed E-state index contributed by atoms with van der Waals surface area (Å²) in [6.45, 7) is 3.97. The van der Waals surface area contributed by atoms with Crippen molar-refractivity contribution in [1.82, 2.24) is 5.32 Å². The number of phenolic OH excluding ortho intramolecular Hbond substituents is 1. The van der Waals surface area contributed by atoms with Crippen LogP contribution in [0, 0.1) is 5.92 Å². The summed E-state index contributed by atoms with van der Waals surface area (Å²) in [4.78, 5) is 23.0. The highest BCUT2D eigenvalue weighted by Crippen LogP contribution is 2.09. The Hall–Kier alpha value is -1.84. The van der Waals surface area contributed by atoms with Crippen molar-refractivity contribution in [3.05, 3.63) is 29.8 Å². The topological polar surface area (TPSA) is 66.4 Å². The predicted octanol–water partition coefficient (Wildman–Crippen LogP) is 1.74. The Bertz CT molecular complexity index is 396. The van der Waals surface area contributed by atoms with Gasteiger partial charge in [0, 0.05) is 12.0 Å². The van der Waals surface area contributed by atoms with Crippen LogP contribution >= 0.6 is 0 Å². The SMILES string of the molecule is CC(C)CC(=O)CNC(=O)c1ccc(O)cc1. The molecule has 0 bridgehead atoms. The summed E-state index contributed by atoms with van der Waals surface area (Å²) >= 11 is 0. The van der Waals surface area contributed by atoms with E-state index in [0.29, 0.717) is 17.9 Å². The van der Waals surface area contributed by atoms with Gasteiger partial charge in [-0.05, 0) is 30.2 Å². The Labute approximate surface area is 101 Å².